The number of anilines is 1. The van der Waals surface area contributed by atoms with Crippen LogP contribution in [0.2, 0.25) is 5.02 Å². The third-order valence-corrected chi connectivity index (χ3v) is 4.20. The van der Waals surface area contributed by atoms with E-state index in [0.717, 1.165) is 36.0 Å². The summed E-state index contributed by atoms with van der Waals surface area (Å²) in [6, 6.07) is 4.41. The Morgan fingerprint density at radius 1 is 1.47 bits per heavy atom. The number of nitrogens with zero attached hydrogens (tertiary/aromatic N) is 2. The van der Waals surface area contributed by atoms with Gasteiger partial charge in [-0.25, -0.2) is 4.98 Å². The zero-order valence-electron chi connectivity index (χ0n) is 12.2. The van der Waals surface area contributed by atoms with Gasteiger partial charge in [0, 0.05) is 19.6 Å². The van der Waals surface area contributed by atoms with Gasteiger partial charge < -0.3 is 10.2 Å². The standard InChI is InChI=1S/C14H24ClN3S/c1-5-16-10-13-12(15)6-7-14(17-13)18(3)11(2)8-9-19-4/h6-7,11,16H,5,8-10H2,1-4H3. The molecule has 1 atom stereocenters. The fourth-order valence-corrected chi connectivity index (χ4v) is 2.49. The van der Waals surface area contributed by atoms with Gasteiger partial charge in [0.25, 0.3) is 0 Å². The lowest BCUT2D eigenvalue weighted by Crippen LogP contribution is -2.30. The summed E-state index contributed by atoms with van der Waals surface area (Å²) in [5, 5.41) is 4.00. The quantitative estimate of drug-likeness (QED) is 0.796. The molecule has 0 aliphatic rings. The van der Waals surface area contributed by atoms with Gasteiger partial charge in [-0.3, -0.25) is 0 Å². The summed E-state index contributed by atoms with van der Waals surface area (Å²) in [6.07, 6.45) is 3.30. The first-order valence-corrected chi connectivity index (χ1v) is 8.45. The highest BCUT2D eigenvalue weighted by Crippen LogP contribution is 2.21. The molecule has 1 unspecified atom stereocenters. The number of halogens is 1. The molecule has 1 aromatic rings. The third-order valence-electron chi connectivity index (χ3n) is 3.21. The van der Waals surface area contributed by atoms with Crippen LogP contribution in [-0.4, -0.2) is 36.6 Å². The van der Waals surface area contributed by atoms with E-state index in [4.69, 9.17) is 11.6 Å². The van der Waals surface area contributed by atoms with E-state index in [1.54, 1.807) is 0 Å². The second-order valence-corrected chi connectivity index (χ2v) is 6.01. The van der Waals surface area contributed by atoms with Crippen molar-refractivity contribution in [2.24, 2.45) is 0 Å². The van der Waals surface area contributed by atoms with E-state index >= 15 is 0 Å². The van der Waals surface area contributed by atoms with Crippen molar-refractivity contribution in [2.45, 2.75) is 32.9 Å². The van der Waals surface area contributed by atoms with Crippen LogP contribution in [-0.2, 0) is 6.54 Å². The highest BCUT2D eigenvalue weighted by molar-refractivity contribution is 7.98. The zero-order chi connectivity index (χ0) is 14.3. The van der Waals surface area contributed by atoms with Crippen LogP contribution in [0.4, 0.5) is 5.82 Å². The van der Waals surface area contributed by atoms with Crippen molar-refractivity contribution in [1.82, 2.24) is 10.3 Å². The van der Waals surface area contributed by atoms with Gasteiger partial charge in [0.05, 0.1) is 10.7 Å². The molecule has 1 rings (SSSR count). The molecule has 3 nitrogen and oxygen atoms in total. The summed E-state index contributed by atoms with van der Waals surface area (Å²) < 4.78 is 0. The van der Waals surface area contributed by atoms with Crippen LogP contribution in [0.1, 0.15) is 26.0 Å². The summed E-state index contributed by atoms with van der Waals surface area (Å²) >= 11 is 8.06. The van der Waals surface area contributed by atoms with Crippen LogP contribution in [0.5, 0.6) is 0 Å². The third kappa shape index (κ3) is 5.21. The molecule has 1 aromatic heterocycles. The topological polar surface area (TPSA) is 28.2 Å². The maximum atomic E-state index is 6.18. The molecule has 5 heteroatoms. The van der Waals surface area contributed by atoms with Crippen LogP contribution in [0.25, 0.3) is 0 Å². The number of thioether (sulfide) groups is 1. The van der Waals surface area contributed by atoms with E-state index in [0.29, 0.717) is 6.04 Å². The molecule has 0 saturated heterocycles. The smallest absolute Gasteiger partial charge is 0.128 e. The van der Waals surface area contributed by atoms with Crippen molar-refractivity contribution in [1.29, 1.82) is 0 Å². The SMILES string of the molecule is CCNCc1nc(N(C)C(C)CCSC)ccc1Cl. The van der Waals surface area contributed by atoms with Crippen molar-refractivity contribution < 1.29 is 0 Å². The zero-order valence-corrected chi connectivity index (χ0v) is 13.8. The molecule has 0 aromatic carbocycles. The Balaban J connectivity index is 2.76. The monoisotopic (exact) mass is 301 g/mol. The van der Waals surface area contributed by atoms with E-state index < -0.39 is 0 Å². The normalized spacial score (nSPS) is 12.5. The number of aromatic nitrogens is 1. The summed E-state index contributed by atoms with van der Waals surface area (Å²) in [5.41, 5.74) is 0.921. The maximum Gasteiger partial charge on any atom is 0.128 e. The minimum atomic E-state index is 0.480. The number of hydrogen-bond acceptors (Lipinski definition) is 4. The van der Waals surface area contributed by atoms with Gasteiger partial charge in [-0.15, -0.1) is 0 Å². The Hall–Kier alpha value is -0.450. The number of rotatable bonds is 8. The van der Waals surface area contributed by atoms with E-state index in [-0.39, 0.29) is 0 Å². The van der Waals surface area contributed by atoms with Gasteiger partial charge in [0.1, 0.15) is 5.82 Å². The molecule has 0 amide bonds. The molecule has 0 saturated carbocycles. The molecule has 0 aliphatic carbocycles. The fraction of sp³-hybridized carbons (Fsp3) is 0.643. The van der Waals surface area contributed by atoms with Crippen LogP contribution < -0.4 is 10.2 Å². The molecule has 1 heterocycles. The van der Waals surface area contributed by atoms with Crippen LogP contribution in [0.15, 0.2) is 12.1 Å². The first kappa shape index (κ1) is 16.6. The molecular formula is C14H24ClN3S. The molecule has 0 spiro atoms. The number of pyridine rings is 1. The fourth-order valence-electron chi connectivity index (χ4n) is 1.74. The lowest BCUT2D eigenvalue weighted by Gasteiger charge is -2.26. The predicted molar refractivity (Wildman–Crippen MR) is 87.5 cm³/mol. The lowest BCUT2D eigenvalue weighted by molar-refractivity contribution is 0.656. The molecule has 1 N–H and O–H groups in total. The Morgan fingerprint density at radius 2 is 2.21 bits per heavy atom. The first-order chi connectivity index (χ1) is 9.10. The van der Waals surface area contributed by atoms with Crippen molar-refractivity contribution >= 4 is 29.2 Å². The van der Waals surface area contributed by atoms with Crippen LogP contribution in [0, 0.1) is 0 Å². The summed E-state index contributed by atoms with van der Waals surface area (Å²) in [4.78, 5) is 6.89. The van der Waals surface area contributed by atoms with Gasteiger partial charge >= 0.3 is 0 Å². The molecule has 0 radical (unpaired) electrons. The second-order valence-electron chi connectivity index (χ2n) is 4.62. The number of hydrogen-bond donors (Lipinski definition) is 1. The van der Waals surface area contributed by atoms with Crippen molar-refractivity contribution in [3.8, 4) is 0 Å². The highest BCUT2D eigenvalue weighted by Gasteiger charge is 2.12. The molecule has 108 valence electrons. The van der Waals surface area contributed by atoms with Gasteiger partial charge in [0.15, 0.2) is 0 Å². The summed E-state index contributed by atoms with van der Waals surface area (Å²) in [6.45, 7) is 5.95. The van der Waals surface area contributed by atoms with E-state index in [9.17, 15) is 0 Å². The van der Waals surface area contributed by atoms with Gasteiger partial charge in [0.2, 0.25) is 0 Å². The largest absolute Gasteiger partial charge is 0.357 e. The summed E-state index contributed by atoms with van der Waals surface area (Å²) in [7, 11) is 2.10. The van der Waals surface area contributed by atoms with Crippen molar-refractivity contribution in [3.63, 3.8) is 0 Å². The average Bonchev–Trinajstić information content (AvgIpc) is 2.43. The molecular weight excluding hydrogens is 278 g/mol. The molecule has 19 heavy (non-hydrogen) atoms. The van der Waals surface area contributed by atoms with E-state index in [1.165, 1.54) is 5.75 Å². The molecule has 0 fully saturated rings. The average molecular weight is 302 g/mol. The Labute approximate surface area is 126 Å². The predicted octanol–water partition coefficient (Wildman–Crippen LogP) is 3.42. The minimum Gasteiger partial charge on any atom is -0.357 e. The van der Waals surface area contributed by atoms with Crippen molar-refractivity contribution in [2.75, 3.05) is 30.5 Å². The van der Waals surface area contributed by atoms with Crippen molar-refractivity contribution in [3.05, 3.63) is 22.8 Å². The Bertz CT molecular complexity index is 387. The van der Waals surface area contributed by atoms with Gasteiger partial charge in [-0.1, -0.05) is 18.5 Å². The van der Waals surface area contributed by atoms with Crippen LogP contribution >= 0.6 is 23.4 Å². The molecule has 0 aliphatic heterocycles. The first-order valence-electron chi connectivity index (χ1n) is 6.68. The highest BCUT2D eigenvalue weighted by atomic mass is 35.5. The second kappa shape index (κ2) is 8.67. The van der Waals surface area contributed by atoms with E-state index in [1.807, 2.05) is 23.9 Å². The van der Waals surface area contributed by atoms with Gasteiger partial charge in [-0.05, 0) is 44.0 Å². The summed E-state index contributed by atoms with van der Waals surface area (Å²) in [5.74, 6) is 2.16. The number of nitrogens with one attached hydrogen (secondary N) is 1. The molecule has 0 bridgehead atoms. The minimum absolute atomic E-state index is 0.480. The Kier molecular flexibility index (Phi) is 7.57. The van der Waals surface area contributed by atoms with Crippen LogP contribution in [0.3, 0.4) is 0 Å². The Morgan fingerprint density at radius 3 is 2.84 bits per heavy atom. The lowest BCUT2D eigenvalue weighted by atomic mass is 10.2. The van der Waals surface area contributed by atoms with Gasteiger partial charge in [-0.2, -0.15) is 11.8 Å². The van der Waals surface area contributed by atoms with E-state index in [2.05, 4.69) is 42.4 Å². The maximum absolute atomic E-state index is 6.18.